The van der Waals surface area contributed by atoms with Crippen LogP contribution in [-0.4, -0.2) is 158 Å². The standard InChI is InChI=1S/C55H80N6O14S/c1-9-32(5)37(52(68)60(7)40(31(3)4)28-44(73-10-2)51-59-39(30-76-51)50(67)57-36(24-33(6)53(69)70)25-34-16-12-11-13-17-34)27-42(62)41-18-14-15-23-61(41,8)29-35-19-20-43(38(26-35)58-45(63)21-22-56)74-55-48(66)46(64)47(65)49(75-55)54(71)72/h11-13,16-17,19-20,26,30-33,36-37,40-41,44,46-49,55,64-66H,9-10,14-15,18,21-25,27-29,56H2,1-8H3,(H3-,57,58,63,67,69,70,71,72)/p+1/t32-,33-,36+,37-,40+,41+,44+,46-,47-,48+,49-,55+,61?/m0/s1. The number of hydrogen-bond donors (Lipinski definition) is 8. The summed E-state index contributed by atoms with van der Waals surface area (Å²) in [6.45, 7) is 12.9. The van der Waals surface area contributed by atoms with Crippen LogP contribution in [0, 0.1) is 23.7 Å². The molecule has 3 amide bonds. The molecule has 0 spiro atoms. The van der Waals surface area contributed by atoms with Crippen LogP contribution in [0.4, 0.5) is 5.69 Å². The molecule has 13 atom stereocenters. The lowest BCUT2D eigenvalue weighted by Gasteiger charge is -2.45. The van der Waals surface area contributed by atoms with Crippen LogP contribution in [-0.2, 0) is 46.4 Å². The number of likely N-dealkylation sites (tertiary alicyclic amines) is 1. The molecule has 1 unspecified atom stereocenters. The van der Waals surface area contributed by atoms with E-state index in [-0.39, 0.29) is 72.5 Å². The fraction of sp³-hybridized carbons (Fsp3) is 0.618. The Morgan fingerprint density at radius 3 is 2.29 bits per heavy atom. The highest BCUT2D eigenvalue weighted by Crippen LogP contribution is 2.37. The van der Waals surface area contributed by atoms with Gasteiger partial charge in [-0.1, -0.05) is 71.4 Å². The summed E-state index contributed by atoms with van der Waals surface area (Å²) in [5.74, 6) is -5.11. The molecule has 0 aliphatic carbocycles. The molecule has 20 nitrogen and oxygen atoms in total. The molecule has 2 aliphatic rings. The molecule has 0 bridgehead atoms. The molecule has 21 heteroatoms. The third-order valence-electron chi connectivity index (χ3n) is 15.1. The lowest BCUT2D eigenvalue weighted by Crippen LogP contribution is -2.61. The van der Waals surface area contributed by atoms with Crippen LogP contribution >= 0.6 is 11.3 Å². The van der Waals surface area contributed by atoms with E-state index >= 15 is 0 Å². The number of carbonyl (C=O) groups is 6. The van der Waals surface area contributed by atoms with Gasteiger partial charge >= 0.3 is 11.9 Å². The number of carbonyl (C=O) groups excluding carboxylic acids is 4. The Hall–Kier alpha value is -5.39. The molecule has 1 aromatic heterocycles. The van der Waals surface area contributed by atoms with Crippen molar-refractivity contribution in [2.45, 2.75) is 161 Å². The second kappa shape index (κ2) is 28.3. The first kappa shape index (κ1) is 61.5. The van der Waals surface area contributed by atoms with Crippen LogP contribution in [0.3, 0.4) is 0 Å². The van der Waals surface area contributed by atoms with E-state index in [1.54, 1.807) is 36.4 Å². The van der Waals surface area contributed by atoms with E-state index in [1.165, 1.54) is 17.4 Å². The number of benzene rings is 2. The van der Waals surface area contributed by atoms with Crippen LogP contribution < -0.4 is 21.1 Å². The average molecular weight is 1080 g/mol. The number of hydrogen-bond acceptors (Lipinski definition) is 15. The van der Waals surface area contributed by atoms with E-state index < -0.39 is 84.5 Å². The Balaban J connectivity index is 1.33. The van der Waals surface area contributed by atoms with Gasteiger partial charge in [0.05, 0.1) is 25.2 Å². The Kier molecular flexibility index (Phi) is 22.9. The van der Waals surface area contributed by atoms with Crippen LogP contribution in [0.2, 0.25) is 0 Å². The zero-order valence-electron chi connectivity index (χ0n) is 45.1. The number of anilines is 1. The number of likely N-dealkylation sites (N-methyl/N-ethyl adjacent to an activating group) is 1. The van der Waals surface area contributed by atoms with Gasteiger partial charge in [0.2, 0.25) is 18.1 Å². The van der Waals surface area contributed by atoms with Crippen molar-refractivity contribution in [3.05, 3.63) is 75.7 Å². The molecule has 420 valence electrons. The Bertz CT molecular complexity index is 2430. The Morgan fingerprint density at radius 2 is 1.66 bits per heavy atom. The number of carboxylic acids is 2. The maximum absolute atomic E-state index is 14.9. The minimum Gasteiger partial charge on any atom is -0.481 e. The minimum atomic E-state index is -1.93. The lowest BCUT2D eigenvalue weighted by molar-refractivity contribution is -0.941. The third-order valence-corrected chi connectivity index (χ3v) is 16.0. The number of Topliss-reactive ketones (excluding diaryl/α,β-unsaturated/α-hetero) is 1. The number of aliphatic carboxylic acids is 2. The van der Waals surface area contributed by atoms with Crippen molar-refractivity contribution < 1.29 is 73.0 Å². The molecule has 2 aliphatic heterocycles. The van der Waals surface area contributed by atoms with Crippen molar-refractivity contribution >= 4 is 52.5 Å². The van der Waals surface area contributed by atoms with Crippen molar-refractivity contribution in [1.82, 2.24) is 15.2 Å². The number of ether oxygens (including phenoxy) is 3. The molecule has 0 saturated carbocycles. The molecule has 5 rings (SSSR count). The van der Waals surface area contributed by atoms with E-state index in [0.717, 1.165) is 18.4 Å². The number of quaternary nitrogens is 1. The zero-order valence-corrected chi connectivity index (χ0v) is 45.9. The number of carboxylic acid groups (broad SMARTS) is 2. The van der Waals surface area contributed by atoms with Gasteiger partial charge < -0.3 is 65.5 Å². The molecule has 2 aromatic carbocycles. The maximum atomic E-state index is 14.9. The normalized spacial score (nSPS) is 24.1. The first-order chi connectivity index (χ1) is 36.0. The number of nitrogens with one attached hydrogen (secondary N) is 2. The molecule has 3 aromatic rings. The predicted octanol–water partition coefficient (Wildman–Crippen LogP) is 4.92. The SMILES string of the molecule is CCO[C@H](C[C@H](C(C)C)N(C)C(=O)[C@@H](CC(=O)[C@H]1CCCC[N+]1(C)Cc1ccc(O[C@@H]2O[C@H](C(=O)O)[C@@H](O)[C@H](O)[C@H]2O)c(NC(=O)CCN)c1)[C@@H](C)CC)c1nc(C(=O)N[C@@H](Cc2ccccc2)C[C@H](C)C(=O)O)cs1. The van der Waals surface area contributed by atoms with Gasteiger partial charge in [0.1, 0.15) is 53.5 Å². The van der Waals surface area contributed by atoms with Gasteiger partial charge in [-0.05, 0) is 68.2 Å². The van der Waals surface area contributed by atoms with Crippen LogP contribution in [0.1, 0.15) is 126 Å². The maximum Gasteiger partial charge on any atom is 0.335 e. The van der Waals surface area contributed by atoms with Gasteiger partial charge in [0, 0.05) is 74.8 Å². The summed E-state index contributed by atoms with van der Waals surface area (Å²) >= 11 is 1.28. The molecular formula is C55H81N6O14S+. The predicted molar refractivity (Wildman–Crippen MR) is 284 cm³/mol. The first-order valence-corrected chi connectivity index (χ1v) is 27.4. The Labute approximate surface area is 449 Å². The topological polar surface area (TPSA) is 297 Å². The quantitative estimate of drug-likeness (QED) is 0.0448. The number of ketones is 1. The number of aliphatic hydroxyl groups excluding tert-OH is 3. The second-order valence-electron chi connectivity index (χ2n) is 21.2. The van der Waals surface area contributed by atoms with Gasteiger partial charge in [-0.2, -0.15) is 0 Å². The summed E-state index contributed by atoms with van der Waals surface area (Å²) < 4.78 is 17.8. The number of aliphatic hydroxyl groups is 3. The van der Waals surface area contributed by atoms with E-state index in [4.69, 9.17) is 24.9 Å². The number of thiazole rings is 1. The highest BCUT2D eigenvalue weighted by molar-refractivity contribution is 7.09. The highest BCUT2D eigenvalue weighted by Gasteiger charge is 2.49. The van der Waals surface area contributed by atoms with Crippen molar-refractivity contribution in [2.75, 3.05) is 39.1 Å². The molecule has 3 heterocycles. The lowest BCUT2D eigenvalue weighted by atomic mass is 9.82. The number of aromatic nitrogens is 1. The second-order valence-corrected chi connectivity index (χ2v) is 22.0. The van der Waals surface area contributed by atoms with Gasteiger partial charge in [0.15, 0.2) is 11.9 Å². The summed E-state index contributed by atoms with van der Waals surface area (Å²) in [5.41, 5.74) is 7.67. The molecule has 9 N–H and O–H groups in total. The van der Waals surface area contributed by atoms with Crippen molar-refractivity contribution in [3.8, 4) is 5.75 Å². The molecule has 2 saturated heterocycles. The number of piperidine rings is 1. The average Bonchev–Trinajstić information content (AvgIpc) is 3.88. The van der Waals surface area contributed by atoms with Crippen LogP contribution in [0.5, 0.6) is 5.75 Å². The van der Waals surface area contributed by atoms with E-state index in [0.29, 0.717) is 60.4 Å². The number of amides is 3. The van der Waals surface area contributed by atoms with Gasteiger partial charge in [-0.3, -0.25) is 24.0 Å². The number of nitrogens with two attached hydrogens (primary N) is 1. The van der Waals surface area contributed by atoms with Gasteiger partial charge in [0.25, 0.3) is 5.91 Å². The summed E-state index contributed by atoms with van der Waals surface area (Å²) in [5, 5.41) is 58.6. The minimum absolute atomic E-state index is 0.0146. The Morgan fingerprint density at radius 1 is 0.947 bits per heavy atom. The molecule has 2 fully saturated rings. The van der Waals surface area contributed by atoms with Gasteiger partial charge in [-0.25, -0.2) is 9.78 Å². The monoisotopic (exact) mass is 1080 g/mol. The fourth-order valence-electron chi connectivity index (χ4n) is 10.4. The smallest absolute Gasteiger partial charge is 0.335 e. The molecule has 76 heavy (non-hydrogen) atoms. The van der Waals surface area contributed by atoms with E-state index in [9.17, 15) is 54.3 Å². The first-order valence-electron chi connectivity index (χ1n) is 26.5. The molecular weight excluding hydrogens is 1000 g/mol. The highest BCUT2D eigenvalue weighted by atomic mass is 32.1. The summed E-state index contributed by atoms with van der Waals surface area (Å²) in [6.07, 6.45) is -5.96. The van der Waals surface area contributed by atoms with Crippen molar-refractivity contribution in [1.29, 1.82) is 0 Å². The largest absolute Gasteiger partial charge is 0.481 e. The van der Waals surface area contributed by atoms with Crippen LogP contribution in [0.15, 0.2) is 53.9 Å². The summed E-state index contributed by atoms with van der Waals surface area (Å²) in [4.78, 5) is 86.5. The van der Waals surface area contributed by atoms with Gasteiger partial charge in [-0.15, -0.1) is 11.3 Å². The molecule has 0 radical (unpaired) electrons. The van der Waals surface area contributed by atoms with Crippen LogP contribution in [0.25, 0.3) is 0 Å². The van der Waals surface area contributed by atoms with E-state index in [2.05, 4.69) is 10.6 Å². The zero-order chi connectivity index (χ0) is 56.0. The number of rotatable bonds is 28. The number of nitrogens with zero attached hydrogens (tertiary/aromatic N) is 3. The van der Waals surface area contributed by atoms with E-state index in [1.807, 2.05) is 72.0 Å². The van der Waals surface area contributed by atoms with Crippen molar-refractivity contribution in [2.24, 2.45) is 29.4 Å². The summed E-state index contributed by atoms with van der Waals surface area (Å²) in [7, 11) is 3.78. The third kappa shape index (κ3) is 16.1. The van der Waals surface area contributed by atoms with Crippen molar-refractivity contribution in [3.63, 3.8) is 0 Å². The summed E-state index contributed by atoms with van der Waals surface area (Å²) in [6, 6.07) is 13.2. The fourth-order valence-corrected chi connectivity index (χ4v) is 11.3.